The molecule has 4 rings (SSSR count). The molecular formula is C29H27Br2N3O9S2. The Hall–Kier alpha value is -3.86. The number of ether oxygens (including phenoxy) is 3. The molecule has 0 unspecified atom stereocenters. The van der Waals surface area contributed by atoms with Gasteiger partial charge in [0.1, 0.15) is 21.3 Å². The molecule has 2 heterocycles. The van der Waals surface area contributed by atoms with Crippen LogP contribution in [0.15, 0.2) is 92.1 Å². The second kappa shape index (κ2) is 15.4. The molecule has 0 radical (unpaired) electrons. The minimum atomic E-state index is -3.67. The van der Waals surface area contributed by atoms with Gasteiger partial charge in [-0.2, -0.15) is 0 Å². The number of halogens is 2. The molecule has 0 spiro atoms. The predicted molar refractivity (Wildman–Crippen MR) is 171 cm³/mol. The van der Waals surface area contributed by atoms with Crippen LogP contribution in [0.4, 0.5) is 0 Å². The summed E-state index contributed by atoms with van der Waals surface area (Å²) in [5, 5.41) is 0. The zero-order chi connectivity index (χ0) is 33.4. The second-order valence-corrected chi connectivity index (χ2v) is 14.9. The predicted octanol–water partition coefficient (Wildman–Crippen LogP) is 4.54. The Morgan fingerprint density at radius 3 is 1.51 bits per heavy atom. The highest BCUT2D eigenvalue weighted by molar-refractivity contribution is 9.10. The normalized spacial score (nSPS) is 11.1. The molecule has 0 atom stereocenters. The van der Waals surface area contributed by atoms with Gasteiger partial charge in [0.2, 0.25) is 5.91 Å². The van der Waals surface area contributed by atoms with Crippen molar-refractivity contribution in [1.82, 2.24) is 9.97 Å². The van der Waals surface area contributed by atoms with Crippen LogP contribution in [0.5, 0.6) is 11.5 Å². The van der Waals surface area contributed by atoms with Crippen molar-refractivity contribution in [2.24, 2.45) is 5.73 Å². The van der Waals surface area contributed by atoms with Crippen LogP contribution in [0.25, 0.3) is 0 Å². The van der Waals surface area contributed by atoms with E-state index in [9.17, 15) is 26.4 Å². The third-order valence-electron chi connectivity index (χ3n) is 5.93. The van der Waals surface area contributed by atoms with Crippen molar-refractivity contribution in [1.29, 1.82) is 0 Å². The van der Waals surface area contributed by atoms with Crippen LogP contribution in [0.3, 0.4) is 0 Å². The number of esters is 1. The summed E-state index contributed by atoms with van der Waals surface area (Å²) in [6.45, 7) is 0. The van der Waals surface area contributed by atoms with E-state index < -0.39 is 31.6 Å². The molecule has 0 aliphatic carbocycles. The van der Waals surface area contributed by atoms with Gasteiger partial charge < -0.3 is 19.9 Å². The summed E-state index contributed by atoms with van der Waals surface area (Å²) in [4.78, 5) is 30.5. The maximum absolute atomic E-state index is 12.6. The average Bonchev–Trinajstić information content (AvgIpc) is 3.00. The van der Waals surface area contributed by atoms with E-state index in [1.54, 1.807) is 24.3 Å². The fourth-order valence-corrected chi connectivity index (χ4v) is 7.94. The van der Waals surface area contributed by atoms with Gasteiger partial charge in [-0.3, -0.25) is 14.8 Å². The standard InChI is InChI=1S/C15H14BrNO5S.C14H13BrN2O4S/c1-21-13-4-3-12(16)6-14(13)23(19,20)9-10-5-11(8-17-7-10)15(18)22-2;1-21-12-3-2-11(15)5-13(12)22(19,20)8-9-4-10(14(16)18)7-17-6-9/h3-8H,9H2,1-2H3;2-7H,8H2,1H3,(H2,16,18). The van der Waals surface area contributed by atoms with Crippen molar-refractivity contribution >= 4 is 63.4 Å². The highest BCUT2D eigenvalue weighted by Crippen LogP contribution is 2.31. The molecule has 16 heteroatoms. The lowest BCUT2D eigenvalue weighted by atomic mass is 10.2. The summed E-state index contributed by atoms with van der Waals surface area (Å²) in [7, 11) is -3.29. The first-order valence-electron chi connectivity index (χ1n) is 12.6. The van der Waals surface area contributed by atoms with E-state index in [-0.39, 0.29) is 43.9 Å². The minimum Gasteiger partial charge on any atom is -0.495 e. The van der Waals surface area contributed by atoms with Crippen molar-refractivity contribution in [2.75, 3.05) is 21.3 Å². The number of methoxy groups -OCH3 is 3. The number of benzene rings is 2. The Labute approximate surface area is 277 Å². The minimum absolute atomic E-state index is 0.0638. The van der Waals surface area contributed by atoms with Crippen molar-refractivity contribution < 1.29 is 40.6 Å². The molecule has 0 saturated carbocycles. The lowest BCUT2D eigenvalue weighted by Crippen LogP contribution is -2.13. The summed E-state index contributed by atoms with van der Waals surface area (Å²) in [6, 6.07) is 12.3. The first-order chi connectivity index (χ1) is 21.2. The number of pyridine rings is 2. The first-order valence-corrected chi connectivity index (χ1v) is 17.5. The van der Waals surface area contributed by atoms with E-state index in [0.29, 0.717) is 20.1 Å². The van der Waals surface area contributed by atoms with E-state index >= 15 is 0 Å². The van der Waals surface area contributed by atoms with E-state index in [1.807, 2.05) is 0 Å². The Balaban J connectivity index is 0.000000246. The topological polar surface area (TPSA) is 182 Å². The van der Waals surface area contributed by atoms with Gasteiger partial charge >= 0.3 is 5.97 Å². The third kappa shape index (κ3) is 9.56. The highest BCUT2D eigenvalue weighted by Gasteiger charge is 2.23. The number of nitrogens with zero attached hydrogens (tertiary/aromatic N) is 2. The summed E-state index contributed by atoms with van der Waals surface area (Å²) >= 11 is 6.49. The molecule has 0 aliphatic rings. The summed E-state index contributed by atoms with van der Waals surface area (Å²) in [5.74, 6) is -1.35. The van der Waals surface area contributed by atoms with Crippen LogP contribution in [0.2, 0.25) is 0 Å². The molecule has 2 N–H and O–H groups in total. The van der Waals surface area contributed by atoms with Crippen molar-refractivity contribution in [3.05, 3.63) is 105 Å². The van der Waals surface area contributed by atoms with Crippen molar-refractivity contribution in [3.8, 4) is 11.5 Å². The molecule has 45 heavy (non-hydrogen) atoms. The molecule has 0 fully saturated rings. The molecular weight excluding hydrogens is 758 g/mol. The molecule has 4 aromatic rings. The molecule has 1 amide bonds. The van der Waals surface area contributed by atoms with Crippen LogP contribution >= 0.6 is 31.9 Å². The summed E-state index contributed by atoms with van der Waals surface area (Å²) in [6.07, 6.45) is 5.39. The van der Waals surface area contributed by atoms with Crippen LogP contribution in [0, 0.1) is 0 Å². The molecule has 0 saturated heterocycles. The number of carbonyl (C=O) groups excluding carboxylic acids is 2. The third-order valence-corrected chi connectivity index (χ3v) is 10.3. The Morgan fingerprint density at radius 2 is 1.11 bits per heavy atom. The molecule has 0 aliphatic heterocycles. The number of nitrogens with two attached hydrogens (primary N) is 1. The van der Waals surface area contributed by atoms with E-state index in [2.05, 4.69) is 46.6 Å². The highest BCUT2D eigenvalue weighted by atomic mass is 79.9. The number of amides is 1. The van der Waals surface area contributed by atoms with Gasteiger partial charge in [-0.1, -0.05) is 31.9 Å². The van der Waals surface area contributed by atoms with Crippen LogP contribution in [-0.4, -0.2) is 60.0 Å². The summed E-state index contributed by atoms with van der Waals surface area (Å²) < 4.78 is 66.5. The van der Waals surface area contributed by atoms with E-state index in [1.165, 1.54) is 70.4 Å². The Bertz CT molecular complexity index is 1940. The van der Waals surface area contributed by atoms with Crippen molar-refractivity contribution in [3.63, 3.8) is 0 Å². The fourth-order valence-electron chi connectivity index (χ4n) is 3.88. The second-order valence-electron chi connectivity index (χ2n) is 9.13. The zero-order valence-corrected chi connectivity index (χ0v) is 28.9. The van der Waals surface area contributed by atoms with Crippen molar-refractivity contribution in [2.45, 2.75) is 21.3 Å². The van der Waals surface area contributed by atoms with Gasteiger partial charge in [0.15, 0.2) is 19.7 Å². The number of carbonyl (C=O) groups is 2. The summed E-state index contributed by atoms with van der Waals surface area (Å²) in [5.41, 5.74) is 6.28. The first kappa shape index (κ1) is 35.6. The molecule has 238 valence electrons. The van der Waals surface area contributed by atoms with Gasteiger partial charge in [0.05, 0.1) is 44.0 Å². The number of hydrogen-bond acceptors (Lipinski definition) is 11. The Kier molecular flexibility index (Phi) is 12.2. The number of hydrogen-bond donors (Lipinski definition) is 1. The number of sulfone groups is 2. The molecule has 2 aromatic heterocycles. The lowest BCUT2D eigenvalue weighted by molar-refractivity contribution is 0.0600. The fraction of sp³-hybridized carbons (Fsp3) is 0.172. The van der Waals surface area contributed by atoms with Gasteiger partial charge in [-0.05, 0) is 59.7 Å². The van der Waals surface area contributed by atoms with Gasteiger partial charge in [-0.25, -0.2) is 21.6 Å². The zero-order valence-electron chi connectivity index (χ0n) is 24.1. The Morgan fingerprint density at radius 1 is 0.689 bits per heavy atom. The van der Waals surface area contributed by atoms with Gasteiger partial charge in [0, 0.05) is 33.7 Å². The SMILES string of the molecule is COC(=O)c1cncc(CS(=O)(=O)c2cc(Br)ccc2OC)c1.COc1ccc(Br)cc1S(=O)(=O)Cc1cncc(C(N)=O)c1. The molecule has 2 aromatic carbocycles. The quantitative estimate of drug-likeness (QED) is 0.223. The monoisotopic (exact) mass is 783 g/mol. The lowest BCUT2D eigenvalue weighted by Gasteiger charge is -2.10. The van der Waals surface area contributed by atoms with Gasteiger partial charge in [-0.15, -0.1) is 0 Å². The van der Waals surface area contributed by atoms with Gasteiger partial charge in [0.25, 0.3) is 0 Å². The maximum Gasteiger partial charge on any atom is 0.339 e. The van der Waals surface area contributed by atoms with E-state index in [4.69, 9.17) is 15.2 Å². The van der Waals surface area contributed by atoms with Crippen LogP contribution < -0.4 is 15.2 Å². The molecule has 12 nitrogen and oxygen atoms in total. The van der Waals surface area contributed by atoms with Crippen LogP contribution in [-0.2, 0) is 35.9 Å². The smallest absolute Gasteiger partial charge is 0.339 e. The average molecular weight is 785 g/mol. The van der Waals surface area contributed by atoms with Crippen LogP contribution in [0.1, 0.15) is 31.8 Å². The molecule has 0 bridgehead atoms. The maximum atomic E-state index is 12.6. The number of aromatic nitrogens is 2. The largest absolute Gasteiger partial charge is 0.495 e. The van der Waals surface area contributed by atoms with E-state index in [0.717, 1.165) is 0 Å². The number of rotatable bonds is 10. The number of primary amides is 1.